The number of carbonyl (C=O) groups is 2. The molecule has 0 saturated heterocycles. The predicted octanol–water partition coefficient (Wildman–Crippen LogP) is 2.60. The van der Waals surface area contributed by atoms with Gasteiger partial charge in [0.2, 0.25) is 5.91 Å². The van der Waals surface area contributed by atoms with Crippen LogP contribution in [0.25, 0.3) is 10.9 Å². The molecule has 1 amide bonds. The van der Waals surface area contributed by atoms with E-state index in [1.807, 2.05) is 38.1 Å². The second-order valence-electron chi connectivity index (χ2n) is 7.30. The minimum absolute atomic E-state index is 0.224. The molecule has 1 saturated carbocycles. The Morgan fingerprint density at radius 1 is 1.20 bits per heavy atom. The normalized spacial score (nSPS) is 24.8. The first-order valence-corrected chi connectivity index (χ1v) is 8.26. The number of hydrogen-bond donors (Lipinski definition) is 3. The van der Waals surface area contributed by atoms with Crippen molar-refractivity contribution in [3.05, 3.63) is 30.6 Å². The van der Waals surface area contributed by atoms with Gasteiger partial charge in [0.1, 0.15) is 6.33 Å². The molecule has 1 aliphatic rings. The molecule has 0 aliphatic heterocycles. The molecule has 1 aliphatic carbocycles. The number of benzene rings is 1. The first kappa shape index (κ1) is 17.1. The van der Waals surface area contributed by atoms with Crippen molar-refractivity contribution in [2.45, 2.75) is 33.6 Å². The summed E-state index contributed by atoms with van der Waals surface area (Å²) in [6.45, 7) is 5.41. The third-order valence-electron chi connectivity index (χ3n) is 5.86. The zero-order valence-electron chi connectivity index (χ0n) is 14.5. The lowest BCUT2D eigenvalue weighted by Gasteiger charge is -2.37. The van der Waals surface area contributed by atoms with Crippen LogP contribution in [0.5, 0.6) is 0 Å². The lowest BCUT2D eigenvalue weighted by atomic mass is 9.65. The highest BCUT2D eigenvalue weighted by Crippen LogP contribution is 2.56. The first-order valence-electron chi connectivity index (χ1n) is 8.26. The minimum Gasteiger partial charge on any atom is -0.481 e. The maximum absolute atomic E-state index is 12.7. The molecule has 0 radical (unpaired) electrons. The maximum atomic E-state index is 12.7. The number of carbonyl (C=O) groups excluding carboxylic acids is 1. The summed E-state index contributed by atoms with van der Waals surface area (Å²) >= 11 is 0. The van der Waals surface area contributed by atoms with Crippen molar-refractivity contribution >= 4 is 28.6 Å². The topological polar surface area (TPSA) is 104 Å². The molecule has 2 aromatic rings. The highest BCUT2D eigenvalue weighted by molar-refractivity contribution is 5.90. The van der Waals surface area contributed by atoms with Crippen molar-refractivity contribution in [3.8, 4) is 0 Å². The van der Waals surface area contributed by atoms with Crippen molar-refractivity contribution in [2.24, 2.45) is 16.7 Å². The van der Waals surface area contributed by atoms with E-state index in [-0.39, 0.29) is 5.91 Å². The van der Waals surface area contributed by atoms with Crippen LogP contribution in [-0.2, 0) is 9.59 Å². The zero-order valence-corrected chi connectivity index (χ0v) is 14.5. The van der Waals surface area contributed by atoms with Gasteiger partial charge in [-0.3, -0.25) is 20.4 Å². The smallest absolute Gasteiger partial charge is 0.309 e. The molecule has 2 atom stereocenters. The number of carboxylic acid groups (broad SMARTS) is 1. The molecule has 25 heavy (non-hydrogen) atoms. The van der Waals surface area contributed by atoms with E-state index in [9.17, 15) is 14.7 Å². The van der Waals surface area contributed by atoms with Crippen molar-refractivity contribution in [2.75, 3.05) is 5.43 Å². The van der Waals surface area contributed by atoms with Crippen LogP contribution in [0.1, 0.15) is 33.6 Å². The fourth-order valence-electron chi connectivity index (χ4n) is 3.65. The number of amides is 1. The van der Waals surface area contributed by atoms with Crippen LogP contribution >= 0.6 is 0 Å². The first-order chi connectivity index (χ1) is 11.8. The Balaban J connectivity index is 1.76. The zero-order chi connectivity index (χ0) is 18.2. The molecule has 132 valence electrons. The van der Waals surface area contributed by atoms with E-state index in [0.717, 1.165) is 10.9 Å². The highest BCUT2D eigenvalue weighted by Gasteiger charge is 2.58. The van der Waals surface area contributed by atoms with Crippen LogP contribution in [0.4, 0.5) is 5.82 Å². The number of rotatable bonds is 4. The maximum Gasteiger partial charge on any atom is 0.309 e. The van der Waals surface area contributed by atoms with E-state index < -0.39 is 22.7 Å². The van der Waals surface area contributed by atoms with E-state index >= 15 is 0 Å². The number of hydrogen-bond acceptors (Lipinski definition) is 5. The second-order valence-corrected chi connectivity index (χ2v) is 7.30. The number of aromatic nitrogens is 2. The summed E-state index contributed by atoms with van der Waals surface area (Å²) in [5, 5.41) is 10.4. The second kappa shape index (κ2) is 5.98. The van der Waals surface area contributed by atoms with Crippen LogP contribution in [0.15, 0.2) is 30.6 Å². The van der Waals surface area contributed by atoms with Gasteiger partial charge in [-0.25, -0.2) is 9.97 Å². The van der Waals surface area contributed by atoms with Gasteiger partial charge in [0.25, 0.3) is 0 Å². The van der Waals surface area contributed by atoms with Crippen LogP contribution < -0.4 is 10.9 Å². The molecule has 1 fully saturated rings. The highest BCUT2D eigenvalue weighted by atomic mass is 16.4. The van der Waals surface area contributed by atoms with Gasteiger partial charge in [0.05, 0.1) is 10.9 Å². The molecular formula is C18H22N4O3. The number of hydrazine groups is 1. The predicted molar refractivity (Wildman–Crippen MR) is 93.6 cm³/mol. The SMILES string of the molecule is CC1(C)[C@H](C(=O)NNc2ncnc3ccccc23)CC[C@]1(C)C(=O)O. The molecule has 3 N–H and O–H groups in total. The average Bonchev–Trinajstić information content (AvgIpc) is 2.83. The molecule has 0 unspecified atom stereocenters. The van der Waals surface area contributed by atoms with Gasteiger partial charge in [-0.15, -0.1) is 0 Å². The summed E-state index contributed by atoms with van der Waals surface area (Å²) in [4.78, 5) is 32.7. The monoisotopic (exact) mass is 342 g/mol. The lowest BCUT2D eigenvalue weighted by Crippen LogP contribution is -2.46. The number of fused-ring (bicyclic) bond motifs is 1. The van der Waals surface area contributed by atoms with Gasteiger partial charge < -0.3 is 5.11 Å². The van der Waals surface area contributed by atoms with Crippen molar-refractivity contribution in [1.82, 2.24) is 15.4 Å². The summed E-state index contributed by atoms with van der Waals surface area (Å²) in [5.41, 5.74) is 4.75. The van der Waals surface area contributed by atoms with Crippen molar-refractivity contribution < 1.29 is 14.7 Å². The number of para-hydroxylation sites is 1. The number of carboxylic acids is 1. The molecule has 1 heterocycles. The number of nitrogens with zero attached hydrogens (tertiary/aromatic N) is 2. The lowest BCUT2D eigenvalue weighted by molar-refractivity contribution is -0.155. The third kappa shape index (κ3) is 2.69. The summed E-state index contributed by atoms with van der Waals surface area (Å²) in [6.07, 6.45) is 2.44. The molecule has 1 aromatic heterocycles. The number of anilines is 1. The summed E-state index contributed by atoms with van der Waals surface area (Å²) in [5.74, 6) is -0.967. The Bertz CT molecular complexity index is 831. The van der Waals surface area contributed by atoms with E-state index in [1.165, 1.54) is 6.33 Å². The fraction of sp³-hybridized carbons (Fsp3) is 0.444. The fourth-order valence-corrected chi connectivity index (χ4v) is 3.65. The van der Waals surface area contributed by atoms with E-state index in [4.69, 9.17) is 0 Å². The van der Waals surface area contributed by atoms with Gasteiger partial charge >= 0.3 is 5.97 Å². The standard InChI is InChI=1S/C18H22N4O3/c1-17(2)12(8-9-18(17,3)16(24)25)15(23)22-21-14-11-6-4-5-7-13(11)19-10-20-14/h4-7,10,12H,8-9H2,1-3H3,(H,22,23)(H,24,25)(H,19,20,21)/t12-,18+/m0/s1. The average molecular weight is 342 g/mol. The van der Waals surface area contributed by atoms with Gasteiger partial charge in [-0.2, -0.15) is 0 Å². The summed E-state index contributed by atoms with van der Waals surface area (Å²) in [7, 11) is 0. The van der Waals surface area contributed by atoms with Crippen LogP contribution in [-0.4, -0.2) is 27.0 Å². The van der Waals surface area contributed by atoms with Crippen LogP contribution in [0.3, 0.4) is 0 Å². The Kier molecular flexibility index (Phi) is 4.10. The van der Waals surface area contributed by atoms with Crippen molar-refractivity contribution in [1.29, 1.82) is 0 Å². The Morgan fingerprint density at radius 2 is 1.92 bits per heavy atom. The van der Waals surface area contributed by atoms with Gasteiger partial charge in [-0.05, 0) is 37.3 Å². The number of nitrogens with one attached hydrogen (secondary N) is 2. The Hall–Kier alpha value is -2.70. The largest absolute Gasteiger partial charge is 0.481 e. The molecule has 3 rings (SSSR count). The molecule has 1 aromatic carbocycles. The van der Waals surface area contributed by atoms with E-state index in [0.29, 0.717) is 18.7 Å². The van der Waals surface area contributed by atoms with Gasteiger partial charge in [-0.1, -0.05) is 26.0 Å². The Morgan fingerprint density at radius 3 is 2.60 bits per heavy atom. The van der Waals surface area contributed by atoms with E-state index in [1.54, 1.807) is 6.92 Å². The Labute approximate surface area is 145 Å². The third-order valence-corrected chi connectivity index (χ3v) is 5.86. The van der Waals surface area contributed by atoms with Crippen molar-refractivity contribution in [3.63, 3.8) is 0 Å². The van der Waals surface area contributed by atoms with E-state index in [2.05, 4.69) is 20.8 Å². The molecule has 0 spiro atoms. The molecular weight excluding hydrogens is 320 g/mol. The van der Waals surface area contributed by atoms with Gasteiger partial charge in [0, 0.05) is 11.3 Å². The van der Waals surface area contributed by atoms with Crippen LogP contribution in [0.2, 0.25) is 0 Å². The molecule has 0 bridgehead atoms. The van der Waals surface area contributed by atoms with Gasteiger partial charge in [0.15, 0.2) is 5.82 Å². The summed E-state index contributed by atoms with van der Waals surface area (Å²) in [6, 6.07) is 7.48. The molecule has 7 heteroatoms. The summed E-state index contributed by atoms with van der Waals surface area (Å²) < 4.78 is 0. The molecule has 7 nitrogen and oxygen atoms in total. The number of aliphatic carboxylic acids is 1. The minimum atomic E-state index is -0.920. The van der Waals surface area contributed by atoms with Crippen LogP contribution in [0, 0.1) is 16.7 Å². The quantitative estimate of drug-likeness (QED) is 0.738.